The van der Waals surface area contributed by atoms with E-state index in [-0.39, 0.29) is 85.9 Å². The Bertz CT molecular complexity index is 5810. The number of amides is 8. The maximum atomic E-state index is 14.7. The quantitative estimate of drug-likeness (QED) is 0.0520. The van der Waals surface area contributed by atoms with Gasteiger partial charge in [-0.2, -0.15) is 23.5 Å². The maximum Gasteiger partial charge on any atom is 0.327 e. The first kappa shape index (κ1) is 127. The number of pyridine rings is 2. The monoisotopic (exact) mass is 2280 g/mol. The van der Waals surface area contributed by atoms with Gasteiger partial charge in [0.1, 0.15) is 53.5 Å². The van der Waals surface area contributed by atoms with Crippen molar-refractivity contribution < 1.29 is 184 Å². The molecule has 1 aliphatic carbocycles. The van der Waals surface area contributed by atoms with Gasteiger partial charge in [-0.15, -0.1) is 28.9 Å². The molecule has 8 amide bonds. The molecule has 150 heavy (non-hydrogen) atoms. The van der Waals surface area contributed by atoms with Gasteiger partial charge in [-0.3, -0.25) is 57.7 Å². The standard InChI is InChI=1S/C48H56N10O12S6.C41H48N2O8.C4H4N4.4ClHO2.O2.H2O/c1-55-31-23-75-76-24-32(46(68)58(4)34(22-72-6)48(70)74-19-29(41(63)49-17-37(55)61)53-43(65)39-35(59)15-25-11-7-9-13-27(25)51-39)56(2)38(62)18-50-42(64)30(20-73-47(69)33(21-71-5)57(3)45(31)67)54-44(66)40-36(60)16-26-12-8-10-14-28(26)52-40;1-42-12-10-23-16-32(44-3)34(46-5)20-27(23)29(42)15-26-19-33(45-4)36(48-7)22-31(26)51-37-18-25-14-30-39-24(11-13-43(30)2)17-38(49-8)41(50-9)40(39)28(25)21-35(37)47-6;1-2-4-6-8-7-5-3-1;4*2-1-3;1-2;/h7-16,29-34,59-60H,17-24H2,1-6H3,(H,49,63)(H,50,64)(H,53,65)(H,54,66);16-22,29-30H,10-15H2,1-9H3;1-4H;4*2H;;1H2/t;29-,30-;;;;;;;/m.0......./s1. The first-order chi connectivity index (χ1) is 71.7. The molecule has 816 valence electrons. The Kier molecular flexibility index (Phi) is 54.9. The Hall–Kier alpha value is -11.7. The topological polar surface area (TPSA) is 667 Å². The van der Waals surface area contributed by atoms with Crippen LogP contribution in [-0.2, 0) is 64.0 Å². The molecule has 0 radical (unpaired) electrons. The van der Waals surface area contributed by atoms with Crippen molar-refractivity contribution >= 4 is 148 Å². The molecule has 6 aromatic carbocycles. The number of likely N-dealkylation sites (N-methyl/N-ethyl adjacent to an activating group) is 6. The number of rotatable bonds is 19. The van der Waals surface area contributed by atoms with Crippen LogP contribution in [0.2, 0.25) is 0 Å². The van der Waals surface area contributed by atoms with Crippen molar-refractivity contribution in [3.05, 3.63) is 182 Å². The number of methoxy groups -OCH3 is 7. The van der Waals surface area contributed by atoms with E-state index in [1.165, 1.54) is 108 Å². The third kappa shape index (κ3) is 33.9. The minimum absolute atomic E-state index is 0. The summed E-state index contributed by atoms with van der Waals surface area (Å²) in [5.41, 5.74) is 9.20. The lowest BCUT2D eigenvalue weighted by Gasteiger charge is -2.40. The lowest BCUT2D eigenvalue weighted by atomic mass is 9.76. The van der Waals surface area contributed by atoms with Gasteiger partial charge in [0.15, 0.2) is 57.4 Å². The number of thioether (sulfide) groups is 4. The number of halogens is 4. The van der Waals surface area contributed by atoms with Crippen molar-refractivity contribution in [3.8, 4) is 74.4 Å². The molecular weight excluding hydrogens is 2170 g/mol. The number of allylic oxidation sites excluding steroid dienone is 2. The van der Waals surface area contributed by atoms with E-state index in [9.17, 15) is 58.2 Å². The third-order valence-corrected chi connectivity index (χ3v) is 29.6. The van der Waals surface area contributed by atoms with E-state index in [1.807, 2.05) is 12.1 Å². The molecule has 2 saturated heterocycles. The molecule has 2 bridgehead atoms. The van der Waals surface area contributed by atoms with Crippen LogP contribution in [0.25, 0.3) is 32.9 Å². The summed E-state index contributed by atoms with van der Waals surface area (Å²) >= 11 is 3.05. The van der Waals surface area contributed by atoms with Crippen LogP contribution >= 0.6 is 68.6 Å². The first-order valence-electron chi connectivity index (χ1n) is 44.1. The SMILES string of the molecule is C1=CN=NN=NC=C1.COc1cc(C[C@H]2c3cc(OC)c(OC)cc3CCN2C)c(Oc2cc3c(cc2OC)-c2c(OC)c(OC)cc4c2[C@H](C3)N(C)CC4)cc1OC.CSCC1C(=O)SCC(NC(=O)c2nc3ccccc3cc2O)C(=O)NCC(=O)N(C)C2CSSCC(C(=O)N1C)N(C)C(=O)CNC(=O)C(NC(=O)c1nc3ccccc3cc1O)CSC(=O)C(CSC)N(C)C2=O.O.O=O.[O-][Cl+]O.[O-][Cl+]O.[O-][Cl+]O.[O-][Cl+]O. The molecule has 57 heteroatoms. The zero-order chi connectivity index (χ0) is 110. The molecule has 47 nitrogen and oxygen atoms in total. The average molecular weight is 2290 g/mol. The van der Waals surface area contributed by atoms with Crippen molar-refractivity contribution in [2.45, 2.75) is 74.0 Å². The number of para-hydroxylation sites is 2. The van der Waals surface area contributed by atoms with Crippen LogP contribution in [-0.4, -0.2) is 333 Å². The smallest absolute Gasteiger partial charge is 0.327 e. The minimum Gasteiger partial charge on any atom is -0.506 e. The zero-order valence-corrected chi connectivity index (χ0v) is 91.4. The molecule has 6 unspecified atom stereocenters. The summed E-state index contributed by atoms with van der Waals surface area (Å²) in [4.78, 5) is 174. The van der Waals surface area contributed by atoms with Crippen LogP contribution in [0.4, 0.5) is 0 Å². The van der Waals surface area contributed by atoms with E-state index in [1.54, 1.807) is 123 Å². The Morgan fingerprint density at radius 3 is 1.34 bits per heavy atom. The van der Waals surface area contributed by atoms with E-state index in [4.69, 9.17) is 85.1 Å². The predicted molar refractivity (Wildman–Crippen MR) is 542 cm³/mol. The third-order valence-electron chi connectivity index (χ3n) is 23.8. The van der Waals surface area contributed by atoms with E-state index in [2.05, 4.69) is 106 Å². The number of hydrogen-bond donors (Lipinski definition) is 10. The summed E-state index contributed by atoms with van der Waals surface area (Å²) in [6.45, 7) is 0.477. The van der Waals surface area contributed by atoms with Crippen LogP contribution in [0.15, 0.2) is 148 Å². The van der Waals surface area contributed by atoms with Crippen LogP contribution < -0.4 is 77.8 Å². The van der Waals surface area contributed by atoms with Crippen LogP contribution in [0.3, 0.4) is 0 Å². The van der Waals surface area contributed by atoms with Gasteiger partial charge in [0.2, 0.25) is 45.7 Å². The number of benzene rings is 6. The van der Waals surface area contributed by atoms with Crippen molar-refractivity contribution in [1.82, 2.24) is 60.6 Å². The van der Waals surface area contributed by atoms with Gasteiger partial charge in [0, 0.05) is 126 Å². The molecule has 0 spiro atoms. The summed E-state index contributed by atoms with van der Waals surface area (Å²) in [5, 5.41) is 45.0. The summed E-state index contributed by atoms with van der Waals surface area (Å²) in [5.74, 6) is -2.61. The molecule has 2 fully saturated rings. The number of fused-ring (bicyclic) bond motifs is 10. The molecule has 0 saturated carbocycles. The number of ether oxygens (including phenoxy) is 8. The fourth-order valence-corrected chi connectivity index (χ4v) is 22.4. The second-order valence-electron chi connectivity index (χ2n) is 32.1. The van der Waals surface area contributed by atoms with Gasteiger partial charge >= 0.3 is 45.3 Å². The second kappa shape index (κ2) is 64.9. The summed E-state index contributed by atoms with van der Waals surface area (Å²) in [6, 6.07) is 22.8. The largest absolute Gasteiger partial charge is 0.506 e. The van der Waals surface area contributed by atoms with Crippen molar-refractivity contribution in [1.29, 1.82) is 0 Å². The normalized spacial score (nSPS) is 19.0. The predicted octanol–water partition coefficient (Wildman–Crippen LogP) is 2.45. The van der Waals surface area contributed by atoms with Gasteiger partial charge < -0.3 is 113 Å². The summed E-state index contributed by atoms with van der Waals surface area (Å²) < 4.78 is 109. The number of hydrogen-bond acceptors (Lipinski definition) is 44. The minimum atomic E-state index is -1.53. The van der Waals surface area contributed by atoms with Crippen LogP contribution in [0, 0.1) is 55.2 Å². The lowest BCUT2D eigenvalue weighted by Crippen LogP contribution is -2.57. The zero-order valence-electron chi connectivity index (χ0n) is 83.5. The van der Waals surface area contributed by atoms with Gasteiger partial charge in [-0.25, -0.2) is 9.97 Å². The number of aromatic nitrogens is 2. The second-order valence-corrected chi connectivity index (χ2v) is 39.1. The van der Waals surface area contributed by atoms with Gasteiger partial charge in [-0.05, 0) is 169 Å². The first-order valence-corrected chi connectivity index (χ1v) is 54.0. The Balaban J connectivity index is 0.000000396. The highest BCUT2D eigenvalue weighted by molar-refractivity contribution is 8.76. The highest BCUT2D eigenvalue weighted by Crippen LogP contribution is 2.55. The number of carbonyl (C=O) groups is 10. The molecule has 8 atom stereocenters. The van der Waals surface area contributed by atoms with Crippen molar-refractivity contribution in [2.24, 2.45) is 20.7 Å². The van der Waals surface area contributed by atoms with Gasteiger partial charge in [0.25, 0.3) is 11.8 Å². The molecule has 2 aromatic heterocycles. The molecule has 12 N–H and O–H groups in total. The molecule has 6 aliphatic rings. The van der Waals surface area contributed by atoms with E-state index >= 15 is 0 Å². The fourth-order valence-electron chi connectivity index (χ4n) is 16.2. The van der Waals surface area contributed by atoms with Crippen LogP contribution in [0.5, 0.6) is 63.2 Å². The highest BCUT2D eigenvalue weighted by Gasteiger charge is 2.43. The van der Waals surface area contributed by atoms with Gasteiger partial charge in [0.05, 0.1) is 86.3 Å². The Morgan fingerprint density at radius 2 is 0.893 bits per heavy atom. The van der Waals surface area contributed by atoms with Crippen molar-refractivity contribution in [2.75, 3.05) is 165 Å². The number of carbonyl (C=O) groups excluding carboxylic acids is 10. The highest BCUT2D eigenvalue weighted by atomic mass is 35.6. The number of nitrogens with one attached hydrogen (secondary N) is 4. The Morgan fingerprint density at radius 1 is 0.487 bits per heavy atom. The fraction of sp³-hybridized carbons (Fsp3) is 0.398. The lowest BCUT2D eigenvalue weighted by molar-refractivity contribution is -1.27. The van der Waals surface area contributed by atoms with Crippen molar-refractivity contribution in [3.63, 3.8) is 0 Å². The van der Waals surface area contributed by atoms with Gasteiger partial charge in [-0.1, -0.05) is 81.5 Å². The molecule has 7 heterocycles. The molecule has 5 aliphatic heterocycles. The maximum absolute atomic E-state index is 14.7. The number of nitrogens with zero attached hydrogens (tertiary/aromatic N) is 12. The average Bonchev–Trinajstić information content (AvgIpc) is 0.719. The Labute approximate surface area is 903 Å². The van der Waals surface area contributed by atoms with E-state index in [0.717, 1.165) is 103 Å². The van der Waals surface area contributed by atoms with E-state index < -0.39 is 141 Å². The molecule has 14 rings (SSSR count). The van der Waals surface area contributed by atoms with E-state index in [0.29, 0.717) is 86.2 Å². The molecule has 8 aromatic rings. The molecular formula is C93H114Cl4N16O31S6. The van der Waals surface area contributed by atoms with Crippen LogP contribution in [0.1, 0.15) is 66.4 Å². The number of aromatic hydroxyl groups is 2. The summed E-state index contributed by atoms with van der Waals surface area (Å²) in [7, 11) is 23.7. The summed E-state index contributed by atoms with van der Waals surface area (Å²) in [6.07, 6.45) is 13.3.